The average molecular weight is 458 g/mol. The zero-order valence-electron chi connectivity index (χ0n) is 18.4. The summed E-state index contributed by atoms with van der Waals surface area (Å²) in [6.07, 6.45) is 8.51. The summed E-state index contributed by atoms with van der Waals surface area (Å²) in [4.78, 5) is 27.5. The van der Waals surface area contributed by atoms with E-state index in [-0.39, 0.29) is 6.01 Å². The number of hydrogen-bond donors (Lipinski definition) is 2. The minimum absolute atomic E-state index is 0.0801. The summed E-state index contributed by atoms with van der Waals surface area (Å²) in [5, 5.41) is 4.39. The molecule has 1 atom stereocenters. The number of carbonyl (C=O) groups is 1. The molecule has 3 aromatic heterocycles. The van der Waals surface area contributed by atoms with Gasteiger partial charge in [-0.3, -0.25) is 9.48 Å². The topological polar surface area (TPSA) is 151 Å². The summed E-state index contributed by atoms with van der Waals surface area (Å²) in [5.41, 5.74) is 17.7. The molecule has 172 valence electrons. The molecule has 3 aliphatic rings. The zero-order chi connectivity index (χ0) is 23.4. The monoisotopic (exact) mass is 458 g/mol. The summed E-state index contributed by atoms with van der Waals surface area (Å²) >= 11 is 0. The lowest BCUT2D eigenvalue weighted by Crippen LogP contribution is -2.32. The number of nitrogen functional groups attached to an aromatic ring is 1. The normalized spacial score (nSPS) is 18.1. The highest BCUT2D eigenvalue weighted by Gasteiger charge is 2.36. The van der Waals surface area contributed by atoms with Crippen molar-refractivity contribution in [2.75, 3.05) is 18.9 Å². The third-order valence-corrected chi connectivity index (χ3v) is 6.26. The van der Waals surface area contributed by atoms with Gasteiger partial charge in [-0.15, -0.1) is 0 Å². The molecule has 6 rings (SSSR count). The van der Waals surface area contributed by atoms with Crippen LogP contribution < -0.4 is 11.5 Å². The van der Waals surface area contributed by atoms with Crippen molar-refractivity contribution in [3.63, 3.8) is 0 Å². The predicted molar refractivity (Wildman–Crippen MR) is 124 cm³/mol. The van der Waals surface area contributed by atoms with Crippen LogP contribution in [0.5, 0.6) is 0 Å². The standard InChI is InChI=1S/C23H22N8O3/c1-2-17(20(24)32)31-9-13(7-27-31)15-11-33-10-12-5-6-30-19(12)14(15)8-26-22(30)16-3-4-18-21(28-16)29-23(25)34-18/h3-4,7-9,11,17H,2,5-6,10H2,1H3,(H2,24,32)(H2,25,28,29). The zero-order valence-corrected chi connectivity index (χ0v) is 18.4. The van der Waals surface area contributed by atoms with Crippen molar-refractivity contribution in [1.29, 1.82) is 0 Å². The molecule has 11 nitrogen and oxygen atoms in total. The molecule has 0 bridgehead atoms. The summed E-state index contributed by atoms with van der Waals surface area (Å²) in [6, 6.07) is 3.23. The lowest BCUT2D eigenvalue weighted by molar-refractivity contribution is -0.121. The second-order valence-electron chi connectivity index (χ2n) is 8.30. The SMILES string of the molecule is CCC(C(N)=O)n1cc(C2=COCC3=C4C2=CN=C(c2ccc5oc(N)nc5n2)N4CC3)cn1. The van der Waals surface area contributed by atoms with Gasteiger partial charge in [-0.1, -0.05) is 6.92 Å². The largest absolute Gasteiger partial charge is 0.496 e. The van der Waals surface area contributed by atoms with E-state index in [1.165, 1.54) is 5.57 Å². The highest BCUT2D eigenvalue weighted by atomic mass is 16.5. The molecule has 0 aliphatic carbocycles. The third kappa shape index (κ3) is 3.08. The maximum absolute atomic E-state index is 11.8. The molecule has 0 saturated carbocycles. The number of carbonyl (C=O) groups excluding carboxylic acids is 1. The Morgan fingerprint density at radius 3 is 2.97 bits per heavy atom. The van der Waals surface area contributed by atoms with Crippen molar-refractivity contribution < 1.29 is 13.9 Å². The van der Waals surface area contributed by atoms with Crippen LogP contribution in [0.2, 0.25) is 0 Å². The number of anilines is 1. The van der Waals surface area contributed by atoms with Gasteiger partial charge in [0.2, 0.25) is 11.6 Å². The van der Waals surface area contributed by atoms with Gasteiger partial charge in [-0.25, -0.2) is 9.98 Å². The quantitative estimate of drug-likeness (QED) is 0.590. The van der Waals surface area contributed by atoms with E-state index >= 15 is 0 Å². The number of pyridine rings is 1. The van der Waals surface area contributed by atoms with Gasteiger partial charge in [0.1, 0.15) is 18.3 Å². The van der Waals surface area contributed by atoms with E-state index in [1.807, 2.05) is 25.4 Å². The first-order valence-corrected chi connectivity index (χ1v) is 11.0. The van der Waals surface area contributed by atoms with Crippen molar-refractivity contribution in [3.05, 3.63) is 65.1 Å². The lowest BCUT2D eigenvalue weighted by Gasteiger charge is -2.28. The molecule has 0 aromatic carbocycles. The molecule has 3 aliphatic heterocycles. The van der Waals surface area contributed by atoms with E-state index in [0.717, 1.165) is 41.2 Å². The second-order valence-corrected chi connectivity index (χ2v) is 8.30. The Kier molecular flexibility index (Phi) is 4.51. The number of primary amides is 1. The number of ether oxygens (including phenoxy) is 1. The number of aliphatic imine (C=N–C) groups is 1. The van der Waals surface area contributed by atoms with Gasteiger partial charge in [0.25, 0.3) is 6.01 Å². The van der Waals surface area contributed by atoms with Gasteiger partial charge in [-0.2, -0.15) is 10.1 Å². The number of amides is 1. The maximum Gasteiger partial charge on any atom is 0.294 e. The van der Waals surface area contributed by atoms with Crippen LogP contribution in [0, 0.1) is 0 Å². The van der Waals surface area contributed by atoms with Gasteiger partial charge >= 0.3 is 0 Å². The Labute approximate surface area is 194 Å². The van der Waals surface area contributed by atoms with Crippen LogP contribution in [-0.4, -0.2) is 49.5 Å². The number of allylic oxidation sites excluding steroid dienone is 1. The molecule has 1 unspecified atom stereocenters. The molecule has 0 spiro atoms. The second kappa shape index (κ2) is 7.58. The summed E-state index contributed by atoms with van der Waals surface area (Å²) in [6.45, 7) is 3.15. The van der Waals surface area contributed by atoms with Crippen molar-refractivity contribution in [3.8, 4) is 0 Å². The predicted octanol–water partition coefficient (Wildman–Crippen LogP) is 2.11. The Morgan fingerprint density at radius 1 is 1.26 bits per heavy atom. The molecule has 6 heterocycles. The van der Waals surface area contributed by atoms with Crippen molar-refractivity contribution in [2.24, 2.45) is 10.7 Å². The van der Waals surface area contributed by atoms with Gasteiger partial charge in [0, 0.05) is 35.7 Å². The van der Waals surface area contributed by atoms with Crippen LogP contribution in [-0.2, 0) is 9.53 Å². The highest BCUT2D eigenvalue weighted by molar-refractivity contribution is 6.03. The van der Waals surface area contributed by atoms with Crippen molar-refractivity contribution in [1.82, 2.24) is 24.6 Å². The van der Waals surface area contributed by atoms with E-state index in [2.05, 4.69) is 20.0 Å². The molecular weight excluding hydrogens is 436 g/mol. The maximum atomic E-state index is 11.8. The number of amidine groups is 1. The molecule has 34 heavy (non-hydrogen) atoms. The number of nitrogens with zero attached hydrogens (tertiary/aromatic N) is 6. The first kappa shape index (κ1) is 20.2. The van der Waals surface area contributed by atoms with Crippen LogP contribution in [0.1, 0.15) is 37.1 Å². The number of hydrogen-bond acceptors (Lipinski definition) is 9. The Balaban J connectivity index is 1.42. The third-order valence-electron chi connectivity index (χ3n) is 6.26. The minimum Gasteiger partial charge on any atom is -0.496 e. The fourth-order valence-electron chi connectivity index (χ4n) is 4.65. The number of fused-ring (bicyclic) bond motifs is 1. The van der Waals surface area contributed by atoms with Crippen LogP contribution in [0.4, 0.5) is 6.01 Å². The lowest BCUT2D eigenvalue weighted by atomic mass is 9.97. The van der Waals surface area contributed by atoms with Crippen molar-refractivity contribution >= 4 is 34.6 Å². The summed E-state index contributed by atoms with van der Waals surface area (Å²) < 4.78 is 12.9. The van der Waals surface area contributed by atoms with Crippen molar-refractivity contribution in [2.45, 2.75) is 25.8 Å². The van der Waals surface area contributed by atoms with Gasteiger partial charge < -0.3 is 25.5 Å². The number of oxazole rings is 1. The van der Waals surface area contributed by atoms with E-state index in [1.54, 1.807) is 23.2 Å². The van der Waals surface area contributed by atoms with E-state index < -0.39 is 11.9 Å². The molecule has 0 saturated heterocycles. The molecular formula is C23H22N8O3. The highest BCUT2D eigenvalue weighted by Crippen LogP contribution is 2.41. The molecule has 4 N–H and O–H groups in total. The summed E-state index contributed by atoms with van der Waals surface area (Å²) in [7, 11) is 0. The first-order chi connectivity index (χ1) is 16.5. The molecule has 0 fully saturated rings. The fourth-order valence-corrected chi connectivity index (χ4v) is 4.65. The van der Waals surface area contributed by atoms with E-state index in [9.17, 15) is 4.79 Å². The Bertz CT molecular complexity index is 1460. The smallest absolute Gasteiger partial charge is 0.294 e. The Hall–Kier alpha value is -4.41. The van der Waals surface area contributed by atoms with Gasteiger partial charge in [0.15, 0.2) is 11.4 Å². The van der Waals surface area contributed by atoms with Crippen LogP contribution in [0.25, 0.3) is 16.8 Å². The Morgan fingerprint density at radius 2 is 2.15 bits per heavy atom. The van der Waals surface area contributed by atoms with Crippen LogP contribution in [0.15, 0.2) is 63.2 Å². The number of rotatable bonds is 5. The van der Waals surface area contributed by atoms with Gasteiger partial charge in [-0.05, 0) is 30.5 Å². The average Bonchev–Trinajstić information content (AvgIpc) is 3.51. The minimum atomic E-state index is -0.504. The first-order valence-electron chi connectivity index (χ1n) is 11.0. The molecule has 3 aromatic rings. The molecule has 0 radical (unpaired) electrons. The van der Waals surface area contributed by atoms with Crippen LogP contribution >= 0.6 is 0 Å². The van der Waals surface area contributed by atoms with E-state index in [4.69, 9.17) is 25.6 Å². The summed E-state index contributed by atoms with van der Waals surface area (Å²) in [5.74, 6) is 0.314. The number of aromatic nitrogens is 4. The van der Waals surface area contributed by atoms with Gasteiger partial charge in [0.05, 0.1) is 18.2 Å². The molecule has 1 amide bonds. The van der Waals surface area contributed by atoms with Crippen LogP contribution in [0.3, 0.4) is 0 Å². The fraction of sp³-hybridized carbons (Fsp3) is 0.261. The molecule has 11 heteroatoms. The van der Waals surface area contributed by atoms with E-state index in [0.29, 0.717) is 30.0 Å². The number of nitrogens with two attached hydrogens (primary N) is 2.